The summed E-state index contributed by atoms with van der Waals surface area (Å²) in [6.07, 6.45) is -3.47. The summed E-state index contributed by atoms with van der Waals surface area (Å²) in [6.45, 7) is 1.94. The molecule has 1 aliphatic heterocycles. The molecule has 0 bridgehead atoms. The Morgan fingerprint density at radius 2 is 1.58 bits per heavy atom. The van der Waals surface area contributed by atoms with Crippen LogP contribution in [0.3, 0.4) is 0 Å². The lowest BCUT2D eigenvalue weighted by molar-refractivity contribution is -0.154. The van der Waals surface area contributed by atoms with Gasteiger partial charge in [0.15, 0.2) is 22.0 Å². The van der Waals surface area contributed by atoms with Gasteiger partial charge in [-0.15, -0.1) is 0 Å². The quantitative estimate of drug-likeness (QED) is 0.493. The van der Waals surface area contributed by atoms with Crippen molar-refractivity contribution in [2.75, 3.05) is 13.1 Å². The summed E-state index contributed by atoms with van der Waals surface area (Å²) >= 11 is 3.33. The molecule has 1 aliphatic rings. The Balaban J connectivity index is 1.55. The maximum atomic E-state index is 12.8. The zero-order valence-electron chi connectivity index (χ0n) is 18.1. The molecule has 33 heavy (non-hydrogen) atoms. The monoisotopic (exact) mass is 538 g/mol. The van der Waals surface area contributed by atoms with E-state index < -0.39 is 45.2 Å². The Hall–Kier alpha value is -2.27. The highest BCUT2D eigenvalue weighted by atomic mass is 79.9. The van der Waals surface area contributed by atoms with E-state index in [2.05, 4.69) is 21.2 Å². The molecular formula is C23H27BrN2O6S. The molecule has 0 unspecified atom stereocenters. The maximum absolute atomic E-state index is 12.8. The fourth-order valence-electron chi connectivity index (χ4n) is 3.79. The van der Waals surface area contributed by atoms with Crippen LogP contribution in [0.4, 0.5) is 0 Å². The van der Waals surface area contributed by atoms with Crippen molar-refractivity contribution in [2.24, 2.45) is 0 Å². The standard InChI is InChI=1S/C23H27BrN2O6S/c1-15(16-7-9-17(24)10-8-16)25-22(29)20(27)21(28)23(30)26-13-11-19(12-14-26)33(31,32)18-5-3-2-4-6-18/h2-10,15,19-21,27-28H,11-14H2,1H3,(H,25,29)/t15-,20-,21-/m1/s1. The first-order valence-electron chi connectivity index (χ1n) is 10.6. The fraction of sp³-hybridized carbons (Fsp3) is 0.391. The summed E-state index contributed by atoms with van der Waals surface area (Å²) in [5, 5.41) is 22.5. The van der Waals surface area contributed by atoms with Crippen molar-refractivity contribution < 1.29 is 28.2 Å². The smallest absolute Gasteiger partial charge is 0.254 e. The van der Waals surface area contributed by atoms with Crippen LogP contribution in [0.5, 0.6) is 0 Å². The SMILES string of the molecule is C[C@@H](NC(=O)[C@H](O)[C@@H](O)C(=O)N1CCC(S(=O)(=O)c2ccccc2)CC1)c1ccc(Br)cc1. The zero-order valence-corrected chi connectivity index (χ0v) is 20.5. The zero-order chi connectivity index (χ0) is 24.2. The number of nitrogens with one attached hydrogen (secondary N) is 1. The molecule has 8 nitrogen and oxygen atoms in total. The predicted molar refractivity (Wildman–Crippen MR) is 126 cm³/mol. The molecule has 2 amide bonds. The van der Waals surface area contributed by atoms with E-state index in [0.717, 1.165) is 10.0 Å². The molecule has 0 radical (unpaired) electrons. The molecule has 2 aromatic rings. The van der Waals surface area contributed by atoms with Gasteiger partial charge in [0.1, 0.15) is 0 Å². The van der Waals surface area contributed by atoms with Crippen molar-refractivity contribution in [3.05, 3.63) is 64.6 Å². The van der Waals surface area contributed by atoms with Crippen molar-refractivity contribution in [3.8, 4) is 0 Å². The van der Waals surface area contributed by atoms with Crippen molar-refractivity contribution >= 4 is 37.6 Å². The van der Waals surface area contributed by atoms with Gasteiger partial charge in [0.25, 0.3) is 11.8 Å². The summed E-state index contributed by atoms with van der Waals surface area (Å²) < 4.78 is 26.5. The third kappa shape index (κ3) is 6.00. The summed E-state index contributed by atoms with van der Waals surface area (Å²) in [7, 11) is -3.52. The van der Waals surface area contributed by atoms with Crippen molar-refractivity contribution in [3.63, 3.8) is 0 Å². The number of benzene rings is 2. The van der Waals surface area contributed by atoms with Crippen LogP contribution >= 0.6 is 15.9 Å². The lowest BCUT2D eigenvalue weighted by atomic mass is 10.1. The Morgan fingerprint density at radius 1 is 1.00 bits per heavy atom. The molecule has 1 heterocycles. The fourth-order valence-corrected chi connectivity index (χ4v) is 5.81. The van der Waals surface area contributed by atoms with Gasteiger partial charge in [0.2, 0.25) is 0 Å². The molecule has 1 fully saturated rings. The van der Waals surface area contributed by atoms with E-state index in [4.69, 9.17) is 0 Å². The summed E-state index contributed by atoms with van der Waals surface area (Å²) in [5.74, 6) is -1.67. The van der Waals surface area contributed by atoms with Crippen molar-refractivity contribution in [1.29, 1.82) is 0 Å². The molecule has 3 atom stereocenters. The average molecular weight is 539 g/mol. The second-order valence-electron chi connectivity index (χ2n) is 8.05. The van der Waals surface area contributed by atoms with Gasteiger partial charge in [0, 0.05) is 17.6 Å². The third-order valence-electron chi connectivity index (χ3n) is 5.81. The number of hydrogen-bond acceptors (Lipinski definition) is 6. The van der Waals surface area contributed by atoms with Gasteiger partial charge in [-0.3, -0.25) is 9.59 Å². The summed E-state index contributed by atoms with van der Waals surface area (Å²) in [4.78, 5) is 26.6. The molecule has 10 heteroatoms. The van der Waals surface area contributed by atoms with Gasteiger partial charge >= 0.3 is 0 Å². The average Bonchev–Trinajstić information content (AvgIpc) is 2.83. The van der Waals surface area contributed by atoms with Crippen LogP contribution in [0, 0.1) is 0 Å². The first-order valence-corrected chi connectivity index (χ1v) is 12.9. The van der Waals surface area contributed by atoms with Crippen LogP contribution in [-0.2, 0) is 19.4 Å². The summed E-state index contributed by atoms with van der Waals surface area (Å²) in [5.41, 5.74) is 0.793. The molecule has 1 saturated heterocycles. The van der Waals surface area contributed by atoms with E-state index in [1.807, 2.05) is 12.1 Å². The van der Waals surface area contributed by atoms with E-state index in [1.54, 1.807) is 49.4 Å². The summed E-state index contributed by atoms with van der Waals surface area (Å²) in [6, 6.07) is 14.9. The van der Waals surface area contributed by atoms with Gasteiger partial charge in [0.05, 0.1) is 16.2 Å². The number of hydrogen-bond donors (Lipinski definition) is 3. The predicted octanol–water partition coefficient (Wildman–Crippen LogP) is 1.81. The first kappa shape index (κ1) is 25.4. The van der Waals surface area contributed by atoms with E-state index in [0.29, 0.717) is 0 Å². The molecule has 0 saturated carbocycles. The van der Waals surface area contributed by atoms with Crippen LogP contribution in [0.25, 0.3) is 0 Å². The highest BCUT2D eigenvalue weighted by Crippen LogP contribution is 2.25. The molecule has 0 aromatic heterocycles. The van der Waals surface area contributed by atoms with Crippen molar-refractivity contribution in [2.45, 2.75) is 48.2 Å². The minimum Gasteiger partial charge on any atom is -0.380 e. The topological polar surface area (TPSA) is 124 Å². The lowest BCUT2D eigenvalue weighted by Gasteiger charge is -2.33. The molecule has 3 N–H and O–H groups in total. The van der Waals surface area contributed by atoms with Crippen LogP contribution in [0.15, 0.2) is 64.0 Å². The minimum absolute atomic E-state index is 0.107. The normalized spacial score (nSPS) is 17.8. The van der Waals surface area contributed by atoms with Gasteiger partial charge < -0.3 is 20.4 Å². The number of aliphatic hydroxyl groups is 2. The highest BCUT2D eigenvalue weighted by molar-refractivity contribution is 9.10. The Morgan fingerprint density at radius 3 is 2.15 bits per heavy atom. The Labute approximate surface area is 201 Å². The number of carbonyl (C=O) groups excluding carboxylic acids is 2. The first-order chi connectivity index (χ1) is 15.6. The number of sulfone groups is 1. The number of amides is 2. The number of halogens is 1. The number of likely N-dealkylation sites (tertiary alicyclic amines) is 1. The second kappa shape index (κ2) is 10.8. The number of rotatable bonds is 7. The van der Waals surface area contributed by atoms with Gasteiger partial charge in [-0.05, 0) is 49.6 Å². The highest BCUT2D eigenvalue weighted by Gasteiger charge is 2.38. The van der Waals surface area contributed by atoms with E-state index in [1.165, 1.54) is 4.90 Å². The van der Waals surface area contributed by atoms with Crippen molar-refractivity contribution in [1.82, 2.24) is 10.2 Å². The van der Waals surface area contributed by atoms with Crippen LogP contribution < -0.4 is 5.32 Å². The Bertz CT molecular complexity index is 1070. The second-order valence-corrected chi connectivity index (χ2v) is 11.2. The molecule has 178 valence electrons. The number of nitrogens with zero attached hydrogens (tertiary/aromatic N) is 1. The van der Waals surface area contributed by atoms with Gasteiger partial charge in [-0.25, -0.2) is 8.42 Å². The molecular weight excluding hydrogens is 512 g/mol. The number of aliphatic hydroxyl groups excluding tert-OH is 2. The minimum atomic E-state index is -3.52. The molecule has 0 spiro atoms. The third-order valence-corrected chi connectivity index (χ3v) is 8.62. The van der Waals surface area contributed by atoms with Gasteiger partial charge in [-0.2, -0.15) is 0 Å². The largest absolute Gasteiger partial charge is 0.380 e. The van der Waals surface area contributed by atoms with E-state index in [-0.39, 0.29) is 30.8 Å². The molecule has 2 aromatic carbocycles. The number of piperidine rings is 1. The van der Waals surface area contributed by atoms with E-state index in [9.17, 15) is 28.2 Å². The molecule has 3 rings (SSSR count). The maximum Gasteiger partial charge on any atom is 0.254 e. The lowest BCUT2D eigenvalue weighted by Crippen LogP contribution is -2.53. The van der Waals surface area contributed by atoms with Crippen LogP contribution in [0.1, 0.15) is 31.4 Å². The molecule has 0 aliphatic carbocycles. The Kier molecular flexibility index (Phi) is 8.28. The van der Waals surface area contributed by atoms with Crippen LogP contribution in [-0.4, -0.2) is 65.9 Å². The number of carbonyl (C=O) groups is 2. The van der Waals surface area contributed by atoms with Crippen LogP contribution in [0.2, 0.25) is 0 Å². The van der Waals surface area contributed by atoms with E-state index >= 15 is 0 Å². The van der Waals surface area contributed by atoms with Gasteiger partial charge in [-0.1, -0.05) is 46.3 Å².